The number of hydrogen-bond donors (Lipinski definition) is 2. The van der Waals surface area contributed by atoms with Gasteiger partial charge < -0.3 is 19.9 Å². The van der Waals surface area contributed by atoms with Crippen LogP contribution in [0.4, 0.5) is 0 Å². The van der Waals surface area contributed by atoms with Crippen LogP contribution in [0.5, 0.6) is 0 Å². The Morgan fingerprint density at radius 1 is 1.21 bits per heavy atom. The van der Waals surface area contributed by atoms with Gasteiger partial charge in [0.05, 0.1) is 24.8 Å². The summed E-state index contributed by atoms with van der Waals surface area (Å²) in [4.78, 5) is 41.5. The van der Waals surface area contributed by atoms with E-state index in [2.05, 4.69) is 22.2 Å². The molecule has 1 aliphatic rings. The number of amides is 1. The van der Waals surface area contributed by atoms with Crippen molar-refractivity contribution < 1.29 is 19.1 Å². The Balaban J connectivity index is 1.86. The summed E-state index contributed by atoms with van der Waals surface area (Å²) in [6.45, 7) is 4.64. The number of ketones is 1. The Hall–Kier alpha value is -2.15. The molecule has 0 aromatic carbocycles. The van der Waals surface area contributed by atoms with Gasteiger partial charge in [-0.25, -0.2) is 4.79 Å². The van der Waals surface area contributed by atoms with Gasteiger partial charge in [0.2, 0.25) is 5.91 Å². The van der Waals surface area contributed by atoms with Crippen LogP contribution in [0.3, 0.4) is 0 Å². The molecule has 1 aromatic heterocycles. The van der Waals surface area contributed by atoms with E-state index in [9.17, 15) is 14.4 Å². The molecular formula is C21H33N3O4. The highest BCUT2D eigenvalue weighted by Gasteiger charge is 2.24. The fourth-order valence-corrected chi connectivity index (χ4v) is 4.01. The van der Waals surface area contributed by atoms with Gasteiger partial charge in [0, 0.05) is 25.2 Å². The number of nitrogens with one attached hydrogen (secondary N) is 2. The molecule has 7 nitrogen and oxygen atoms in total. The number of Topliss-reactive ketones (excluding diaryl/α,β-unsaturated/α-hetero) is 1. The highest BCUT2D eigenvalue weighted by atomic mass is 16.5. The van der Waals surface area contributed by atoms with E-state index in [1.807, 2.05) is 0 Å². The molecule has 0 unspecified atom stereocenters. The number of esters is 1. The van der Waals surface area contributed by atoms with Crippen molar-refractivity contribution in [1.29, 1.82) is 0 Å². The lowest BCUT2D eigenvalue weighted by molar-refractivity contribution is -0.120. The summed E-state index contributed by atoms with van der Waals surface area (Å²) in [6, 6.07) is 0.666. The first-order chi connectivity index (χ1) is 13.3. The smallest absolute Gasteiger partial charge is 0.339 e. The molecule has 0 spiro atoms. The first-order valence-electron chi connectivity index (χ1n) is 10.1. The molecule has 1 aliphatic carbocycles. The molecule has 0 atom stereocenters. The van der Waals surface area contributed by atoms with Crippen molar-refractivity contribution in [3.63, 3.8) is 0 Å². The first-order valence-corrected chi connectivity index (χ1v) is 10.1. The minimum atomic E-state index is -0.543. The molecule has 1 fully saturated rings. The predicted molar refractivity (Wildman–Crippen MR) is 108 cm³/mol. The van der Waals surface area contributed by atoms with Crippen LogP contribution in [0, 0.1) is 6.92 Å². The third kappa shape index (κ3) is 5.67. The zero-order valence-corrected chi connectivity index (χ0v) is 17.5. The van der Waals surface area contributed by atoms with E-state index in [4.69, 9.17) is 4.74 Å². The number of nitrogens with zero attached hydrogens (tertiary/aromatic N) is 1. The summed E-state index contributed by atoms with van der Waals surface area (Å²) < 4.78 is 4.81. The molecule has 0 bridgehead atoms. The van der Waals surface area contributed by atoms with Crippen LogP contribution in [0.2, 0.25) is 0 Å². The van der Waals surface area contributed by atoms with Gasteiger partial charge in [0.25, 0.3) is 0 Å². The normalized spacial score (nSPS) is 14.9. The number of hydrogen-bond acceptors (Lipinski definition) is 5. The van der Waals surface area contributed by atoms with Crippen molar-refractivity contribution in [3.8, 4) is 0 Å². The Labute approximate surface area is 167 Å². The van der Waals surface area contributed by atoms with Gasteiger partial charge in [-0.05, 0) is 45.3 Å². The van der Waals surface area contributed by atoms with Gasteiger partial charge in [-0.15, -0.1) is 0 Å². The van der Waals surface area contributed by atoms with E-state index in [-0.39, 0.29) is 23.7 Å². The van der Waals surface area contributed by atoms with Gasteiger partial charge in [0.15, 0.2) is 5.78 Å². The van der Waals surface area contributed by atoms with E-state index in [0.717, 1.165) is 13.0 Å². The number of methoxy groups -OCH3 is 1. The Kier molecular flexibility index (Phi) is 8.23. The van der Waals surface area contributed by atoms with Crippen molar-refractivity contribution in [2.24, 2.45) is 0 Å². The summed E-state index contributed by atoms with van der Waals surface area (Å²) in [7, 11) is 3.44. The first kappa shape index (κ1) is 22.1. The average Bonchev–Trinajstić information content (AvgIpc) is 3.01. The van der Waals surface area contributed by atoms with Crippen LogP contribution in [0.1, 0.15) is 77.6 Å². The zero-order valence-electron chi connectivity index (χ0n) is 17.5. The number of H-pyrrole nitrogens is 1. The van der Waals surface area contributed by atoms with Gasteiger partial charge in [-0.2, -0.15) is 0 Å². The highest BCUT2D eigenvalue weighted by Crippen LogP contribution is 2.22. The molecule has 1 heterocycles. The van der Waals surface area contributed by atoms with Crippen molar-refractivity contribution >= 4 is 17.7 Å². The van der Waals surface area contributed by atoms with Gasteiger partial charge in [-0.3, -0.25) is 9.59 Å². The highest BCUT2D eigenvalue weighted by molar-refractivity contribution is 6.01. The molecule has 1 amide bonds. The third-order valence-corrected chi connectivity index (χ3v) is 5.61. The summed E-state index contributed by atoms with van der Waals surface area (Å²) in [5.74, 6) is -0.903. The lowest BCUT2D eigenvalue weighted by atomic mass is 9.94. The van der Waals surface area contributed by atoms with Crippen molar-refractivity contribution in [2.45, 2.75) is 64.8 Å². The van der Waals surface area contributed by atoms with Crippen LogP contribution in [0.15, 0.2) is 0 Å². The van der Waals surface area contributed by atoms with E-state index in [1.54, 1.807) is 6.92 Å². The van der Waals surface area contributed by atoms with Crippen LogP contribution in [-0.2, 0) is 16.0 Å². The van der Waals surface area contributed by atoms with E-state index < -0.39 is 5.97 Å². The Bertz CT molecular complexity index is 705. The molecule has 0 radical (unpaired) electrons. The fourth-order valence-electron chi connectivity index (χ4n) is 4.01. The minimum Gasteiger partial charge on any atom is -0.465 e. The van der Waals surface area contributed by atoms with Crippen LogP contribution >= 0.6 is 0 Å². The summed E-state index contributed by atoms with van der Waals surface area (Å²) in [6.07, 6.45) is 7.39. The molecule has 7 heteroatoms. The number of carbonyl (C=O) groups is 3. The van der Waals surface area contributed by atoms with Crippen LogP contribution < -0.4 is 5.32 Å². The number of aromatic nitrogens is 1. The maximum atomic E-state index is 12.3. The zero-order chi connectivity index (χ0) is 20.7. The molecule has 1 saturated carbocycles. The molecule has 156 valence electrons. The van der Waals surface area contributed by atoms with Crippen LogP contribution in [0.25, 0.3) is 0 Å². The van der Waals surface area contributed by atoms with E-state index in [1.165, 1.54) is 46.1 Å². The minimum absolute atomic E-state index is 0.0109. The maximum absolute atomic E-state index is 12.3. The quantitative estimate of drug-likeness (QED) is 0.384. The Morgan fingerprint density at radius 2 is 1.89 bits per heavy atom. The van der Waals surface area contributed by atoms with E-state index >= 15 is 0 Å². The lowest BCUT2D eigenvalue weighted by Crippen LogP contribution is -2.36. The summed E-state index contributed by atoms with van der Waals surface area (Å²) in [5, 5.41) is 2.91. The molecule has 2 N–H and O–H groups in total. The second kappa shape index (κ2) is 10.4. The molecule has 28 heavy (non-hydrogen) atoms. The number of aromatic amines is 1. The topological polar surface area (TPSA) is 91.5 Å². The SMILES string of the molecule is COC(=O)c1c(CC(=O)NCCCN(C)C2CCCCC2)[nH]c(C(C)=O)c1C. The van der Waals surface area contributed by atoms with Gasteiger partial charge in [0.1, 0.15) is 0 Å². The maximum Gasteiger partial charge on any atom is 0.339 e. The predicted octanol–water partition coefficient (Wildman–Crippen LogP) is 2.63. The second-order valence-corrected chi connectivity index (χ2v) is 7.68. The molecule has 2 rings (SSSR count). The van der Waals surface area contributed by atoms with Crippen LogP contribution in [-0.4, -0.2) is 60.8 Å². The standard InChI is InChI=1S/C21H33N3O4/c1-14-19(21(27)28-4)17(23-20(14)15(2)25)13-18(26)22-11-8-12-24(3)16-9-6-5-7-10-16/h16,23H,5-13H2,1-4H3,(H,22,26). The van der Waals surface area contributed by atoms with Gasteiger partial charge >= 0.3 is 5.97 Å². The summed E-state index contributed by atoms with van der Waals surface area (Å²) in [5.41, 5.74) is 1.57. The number of carbonyl (C=O) groups excluding carboxylic acids is 3. The largest absolute Gasteiger partial charge is 0.465 e. The Morgan fingerprint density at radius 3 is 2.50 bits per heavy atom. The summed E-state index contributed by atoms with van der Waals surface area (Å²) >= 11 is 0. The fraction of sp³-hybridized carbons (Fsp3) is 0.667. The monoisotopic (exact) mass is 391 g/mol. The molecule has 0 saturated heterocycles. The molecular weight excluding hydrogens is 358 g/mol. The third-order valence-electron chi connectivity index (χ3n) is 5.61. The second-order valence-electron chi connectivity index (χ2n) is 7.68. The molecule has 1 aromatic rings. The van der Waals surface area contributed by atoms with Crippen molar-refractivity contribution in [3.05, 3.63) is 22.5 Å². The van der Waals surface area contributed by atoms with E-state index in [0.29, 0.717) is 29.5 Å². The number of ether oxygens (including phenoxy) is 1. The van der Waals surface area contributed by atoms with Gasteiger partial charge in [-0.1, -0.05) is 19.3 Å². The van der Waals surface area contributed by atoms with Crippen molar-refractivity contribution in [1.82, 2.24) is 15.2 Å². The average molecular weight is 392 g/mol. The lowest BCUT2D eigenvalue weighted by Gasteiger charge is -2.31. The number of rotatable bonds is 9. The molecule has 0 aliphatic heterocycles. The van der Waals surface area contributed by atoms with Crippen molar-refractivity contribution in [2.75, 3.05) is 27.2 Å².